The Balaban J connectivity index is 2.33. The standard InChI is InChI=1S/C10H12N2O3/c1-15-8-3-2-4-11-10(8)12-6-7(13)5-9(12)14/h2-4,7,13H,5-6H2,1H3. The molecule has 1 unspecified atom stereocenters. The van der Waals surface area contributed by atoms with Crippen molar-refractivity contribution in [2.75, 3.05) is 18.6 Å². The molecule has 0 saturated carbocycles. The fourth-order valence-corrected chi connectivity index (χ4v) is 1.64. The third-order valence-corrected chi connectivity index (χ3v) is 2.33. The molecule has 2 heterocycles. The summed E-state index contributed by atoms with van der Waals surface area (Å²) in [6.07, 6.45) is 1.14. The molecule has 1 aliphatic heterocycles. The van der Waals surface area contributed by atoms with Crippen molar-refractivity contribution in [2.45, 2.75) is 12.5 Å². The van der Waals surface area contributed by atoms with Crippen LogP contribution in [-0.2, 0) is 4.79 Å². The average Bonchev–Trinajstić information content (AvgIpc) is 2.57. The Morgan fingerprint density at radius 2 is 2.47 bits per heavy atom. The summed E-state index contributed by atoms with van der Waals surface area (Å²) in [6.45, 7) is 0.284. The van der Waals surface area contributed by atoms with Crippen LogP contribution in [0.1, 0.15) is 6.42 Å². The number of amides is 1. The maximum Gasteiger partial charge on any atom is 0.231 e. The van der Waals surface area contributed by atoms with E-state index >= 15 is 0 Å². The van der Waals surface area contributed by atoms with E-state index in [2.05, 4.69) is 4.98 Å². The molecule has 15 heavy (non-hydrogen) atoms. The maximum atomic E-state index is 11.5. The largest absolute Gasteiger partial charge is 0.493 e. The molecule has 0 radical (unpaired) electrons. The van der Waals surface area contributed by atoms with Crippen LogP contribution in [0.15, 0.2) is 18.3 Å². The van der Waals surface area contributed by atoms with Crippen LogP contribution in [0.4, 0.5) is 5.82 Å². The monoisotopic (exact) mass is 208 g/mol. The number of hydrogen-bond acceptors (Lipinski definition) is 4. The van der Waals surface area contributed by atoms with Gasteiger partial charge in [0.25, 0.3) is 0 Å². The molecular formula is C10H12N2O3. The lowest BCUT2D eigenvalue weighted by atomic mass is 10.3. The zero-order valence-corrected chi connectivity index (χ0v) is 8.38. The first-order chi connectivity index (χ1) is 7.22. The number of aliphatic hydroxyl groups excluding tert-OH is 1. The summed E-state index contributed by atoms with van der Waals surface area (Å²) in [5, 5.41) is 9.36. The molecule has 1 fully saturated rings. The predicted molar refractivity (Wildman–Crippen MR) is 53.8 cm³/mol. The van der Waals surface area contributed by atoms with Gasteiger partial charge in [0.2, 0.25) is 5.91 Å². The minimum atomic E-state index is -0.607. The molecular weight excluding hydrogens is 196 g/mol. The van der Waals surface area contributed by atoms with Crippen molar-refractivity contribution in [3.63, 3.8) is 0 Å². The number of β-amino-alcohol motifs (C(OH)–C–C–N with tert-alkyl or cyclic N) is 1. The normalized spacial score (nSPS) is 20.8. The summed E-state index contributed by atoms with van der Waals surface area (Å²) in [5.74, 6) is 0.890. The number of aromatic nitrogens is 1. The number of carbonyl (C=O) groups excluding carboxylic acids is 1. The molecule has 5 heteroatoms. The van der Waals surface area contributed by atoms with Crippen molar-refractivity contribution < 1.29 is 14.6 Å². The third kappa shape index (κ3) is 1.78. The number of hydrogen-bond donors (Lipinski definition) is 1. The van der Waals surface area contributed by atoms with Crippen molar-refractivity contribution in [1.82, 2.24) is 4.98 Å². The molecule has 1 N–H and O–H groups in total. The lowest BCUT2D eigenvalue weighted by molar-refractivity contribution is -0.117. The molecule has 80 valence electrons. The molecule has 0 spiro atoms. The van der Waals surface area contributed by atoms with E-state index in [1.165, 1.54) is 12.0 Å². The second kappa shape index (κ2) is 3.86. The summed E-state index contributed by atoms with van der Waals surface area (Å²) >= 11 is 0. The van der Waals surface area contributed by atoms with Crippen LogP contribution in [-0.4, -0.2) is 35.8 Å². The topological polar surface area (TPSA) is 62.7 Å². The highest BCUT2D eigenvalue weighted by molar-refractivity contribution is 5.96. The summed E-state index contributed by atoms with van der Waals surface area (Å²) in [4.78, 5) is 17.1. The summed E-state index contributed by atoms with van der Waals surface area (Å²) < 4.78 is 5.10. The molecule has 1 saturated heterocycles. The van der Waals surface area contributed by atoms with Crippen LogP contribution in [0.2, 0.25) is 0 Å². The Kier molecular flexibility index (Phi) is 2.55. The number of methoxy groups -OCH3 is 1. The zero-order valence-electron chi connectivity index (χ0n) is 8.38. The predicted octanol–water partition coefficient (Wildman–Crippen LogP) is 0.188. The fourth-order valence-electron chi connectivity index (χ4n) is 1.64. The van der Waals surface area contributed by atoms with E-state index in [0.717, 1.165) is 0 Å². The number of carbonyl (C=O) groups is 1. The maximum absolute atomic E-state index is 11.5. The summed E-state index contributed by atoms with van der Waals surface area (Å²) in [6, 6.07) is 3.47. The van der Waals surface area contributed by atoms with Crippen molar-refractivity contribution >= 4 is 11.7 Å². The second-order valence-corrected chi connectivity index (χ2v) is 3.39. The van der Waals surface area contributed by atoms with Gasteiger partial charge in [-0.25, -0.2) is 4.98 Å². The van der Waals surface area contributed by atoms with Gasteiger partial charge in [0.05, 0.1) is 26.2 Å². The van der Waals surface area contributed by atoms with Crippen molar-refractivity contribution in [1.29, 1.82) is 0 Å². The highest BCUT2D eigenvalue weighted by atomic mass is 16.5. The Bertz CT molecular complexity index is 381. The lowest BCUT2D eigenvalue weighted by Gasteiger charge is -2.16. The van der Waals surface area contributed by atoms with E-state index < -0.39 is 6.10 Å². The zero-order chi connectivity index (χ0) is 10.8. The van der Waals surface area contributed by atoms with Gasteiger partial charge in [-0.3, -0.25) is 9.69 Å². The highest BCUT2D eigenvalue weighted by Crippen LogP contribution is 2.28. The van der Waals surface area contributed by atoms with Crippen LogP contribution < -0.4 is 9.64 Å². The second-order valence-electron chi connectivity index (χ2n) is 3.39. The van der Waals surface area contributed by atoms with Gasteiger partial charge in [-0.2, -0.15) is 0 Å². The van der Waals surface area contributed by atoms with E-state index in [1.54, 1.807) is 18.3 Å². The minimum absolute atomic E-state index is 0.125. The van der Waals surface area contributed by atoms with Gasteiger partial charge in [0.15, 0.2) is 11.6 Å². The minimum Gasteiger partial charge on any atom is -0.493 e. The summed E-state index contributed by atoms with van der Waals surface area (Å²) in [7, 11) is 1.53. The molecule has 0 aromatic carbocycles. The van der Waals surface area contributed by atoms with Gasteiger partial charge < -0.3 is 9.84 Å². The molecule has 1 aromatic heterocycles. The number of rotatable bonds is 2. The lowest BCUT2D eigenvalue weighted by Crippen LogP contribution is -2.26. The Morgan fingerprint density at radius 1 is 1.67 bits per heavy atom. The first-order valence-corrected chi connectivity index (χ1v) is 4.70. The quantitative estimate of drug-likeness (QED) is 0.753. The molecule has 0 bridgehead atoms. The summed E-state index contributed by atoms with van der Waals surface area (Å²) in [5.41, 5.74) is 0. The van der Waals surface area contributed by atoms with E-state index in [0.29, 0.717) is 11.6 Å². The van der Waals surface area contributed by atoms with Crippen molar-refractivity contribution in [3.05, 3.63) is 18.3 Å². The van der Waals surface area contributed by atoms with Gasteiger partial charge in [-0.1, -0.05) is 0 Å². The van der Waals surface area contributed by atoms with Crippen LogP contribution in [0.25, 0.3) is 0 Å². The molecule has 0 aliphatic carbocycles. The number of anilines is 1. The van der Waals surface area contributed by atoms with E-state index in [-0.39, 0.29) is 18.9 Å². The van der Waals surface area contributed by atoms with Crippen LogP contribution in [0, 0.1) is 0 Å². The van der Waals surface area contributed by atoms with Crippen molar-refractivity contribution in [2.24, 2.45) is 0 Å². The first-order valence-electron chi connectivity index (χ1n) is 4.70. The van der Waals surface area contributed by atoms with E-state index in [1.807, 2.05) is 0 Å². The molecule has 2 rings (SSSR count). The average molecular weight is 208 g/mol. The number of aliphatic hydroxyl groups is 1. The molecule has 1 atom stereocenters. The van der Waals surface area contributed by atoms with Crippen molar-refractivity contribution in [3.8, 4) is 5.75 Å². The smallest absolute Gasteiger partial charge is 0.231 e. The van der Waals surface area contributed by atoms with E-state index in [9.17, 15) is 9.90 Å². The van der Waals surface area contributed by atoms with E-state index in [4.69, 9.17) is 4.74 Å². The molecule has 1 aromatic rings. The number of pyridine rings is 1. The van der Waals surface area contributed by atoms with Gasteiger partial charge in [-0.05, 0) is 12.1 Å². The molecule has 1 amide bonds. The third-order valence-electron chi connectivity index (χ3n) is 2.33. The van der Waals surface area contributed by atoms with Gasteiger partial charge >= 0.3 is 0 Å². The van der Waals surface area contributed by atoms with Crippen LogP contribution in [0.3, 0.4) is 0 Å². The first kappa shape index (κ1) is 9.92. The van der Waals surface area contributed by atoms with Crippen LogP contribution >= 0.6 is 0 Å². The Labute approximate surface area is 87.3 Å². The fraction of sp³-hybridized carbons (Fsp3) is 0.400. The van der Waals surface area contributed by atoms with Gasteiger partial charge in [0.1, 0.15) is 0 Å². The van der Waals surface area contributed by atoms with Crippen LogP contribution in [0.5, 0.6) is 5.75 Å². The van der Waals surface area contributed by atoms with Gasteiger partial charge in [0, 0.05) is 6.20 Å². The SMILES string of the molecule is COc1cccnc1N1CC(O)CC1=O. The molecule has 1 aliphatic rings. The Hall–Kier alpha value is -1.62. The number of ether oxygens (including phenoxy) is 1. The molecule has 5 nitrogen and oxygen atoms in total. The highest BCUT2D eigenvalue weighted by Gasteiger charge is 2.31. The Morgan fingerprint density at radius 3 is 3.07 bits per heavy atom. The van der Waals surface area contributed by atoms with Gasteiger partial charge in [-0.15, -0.1) is 0 Å². The number of nitrogens with zero attached hydrogens (tertiary/aromatic N) is 2.